The quantitative estimate of drug-likeness (QED) is 0.708. The summed E-state index contributed by atoms with van der Waals surface area (Å²) in [6.07, 6.45) is 3.65. The summed E-state index contributed by atoms with van der Waals surface area (Å²) in [5, 5.41) is 0. The van der Waals surface area contributed by atoms with Crippen molar-refractivity contribution in [2.24, 2.45) is 0 Å². The van der Waals surface area contributed by atoms with E-state index in [0.29, 0.717) is 17.0 Å². The monoisotopic (exact) mass is 309 g/mol. The Labute approximate surface area is 133 Å². The molecule has 0 N–H and O–H groups in total. The molecule has 0 unspecified atom stereocenters. The number of fused-ring (bicyclic) bond motifs is 1. The molecule has 0 amide bonds. The normalized spacial score (nSPS) is 11.4. The molecule has 0 aliphatic heterocycles. The Balaban J connectivity index is 1.96. The van der Waals surface area contributed by atoms with Crippen molar-refractivity contribution in [3.05, 3.63) is 64.8 Å². The van der Waals surface area contributed by atoms with E-state index in [2.05, 4.69) is 4.98 Å². The van der Waals surface area contributed by atoms with E-state index in [1.54, 1.807) is 18.2 Å². The molecule has 3 nitrogen and oxygen atoms in total. The topological polar surface area (TPSA) is 43.1 Å². The maximum atomic E-state index is 14.4. The second kappa shape index (κ2) is 6.16. The number of halogens is 1. The molecule has 0 spiro atoms. The molecule has 3 rings (SSSR count). The molecule has 23 heavy (non-hydrogen) atoms. The van der Waals surface area contributed by atoms with E-state index in [0.717, 1.165) is 11.1 Å². The van der Waals surface area contributed by atoms with Crippen molar-refractivity contribution in [2.75, 3.05) is 0 Å². The second-order valence-corrected chi connectivity index (χ2v) is 5.51. The van der Waals surface area contributed by atoms with E-state index >= 15 is 0 Å². The van der Waals surface area contributed by atoms with E-state index < -0.39 is 5.82 Å². The van der Waals surface area contributed by atoms with E-state index in [1.807, 2.05) is 37.3 Å². The van der Waals surface area contributed by atoms with Crippen molar-refractivity contribution < 1.29 is 13.6 Å². The van der Waals surface area contributed by atoms with Gasteiger partial charge < -0.3 is 4.42 Å². The summed E-state index contributed by atoms with van der Waals surface area (Å²) in [6, 6.07) is 11.2. The first-order valence-corrected chi connectivity index (χ1v) is 7.35. The van der Waals surface area contributed by atoms with E-state index in [-0.39, 0.29) is 17.8 Å². The highest BCUT2D eigenvalue weighted by atomic mass is 19.1. The zero-order chi connectivity index (χ0) is 16.4. The highest BCUT2D eigenvalue weighted by Crippen LogP contribution is 2.24. The number of Topliss-reactive ketones (excluding diaryl/α,β-unsaturated/α-hetero) is 1. The van der Waals surface area contributed by atoms with Crippen molar-refractivity contribution in [3.63, 3.8) is 0 Å². The van der Waals surface area contributed by atoms with Crippen molar-refractivity contribution in [2.45, 2.75) is 20.3 Å². The van der Waals surface area contributed by atoms with Crippen LogP contribution in [-0.4, -0.2) is 10.8 Å². The second-order valence-electron chi connectivity index (χ2n) is 5.51. The molecule has 0 bridgehead atoms. The van der Waals surface area contributed by atoms with E-state index in [9.17, 15) is 9.18 Å². The first-order chi connectivity index (χ1) is 11.0. The number of aromatic nitrogens is 1. The first-order valence-electron chi connectivity index (χ1n) is 7.35. The average molecular weight is 309 g/mol. The zero-order valence-electron chi connectivity index (χ0n) is 13.0. The largest absolute Gasteiger partial charge is 0.434 e. The molecular weight excluding hydrogens is 293 g/mol. The Morgan fingerprint density at radius 1 is 1.22 bits per heavy atom. The fraction of sp³-hybridized carbons (Fsp3) is 0.158. The molecule has 0 fully saturated rings. The molecule has 0 radical (unpaired) electrons. The molecule has 4 heteroatoms. The van der Waals surface area contributed by atoms with Crippen LogP contribution < -0.4 is 0 Å². The van der Waals surface area contributed by atoms with Crippen molar-refractivity contribution in [1.29, 1.82) is 0 Å². The Morgan fingerprint density at radius 3 is 2.74 bits per heavy atom. The summed E-state index contributed by atoms with van der Waals surface area (Å²) in [5.41, 5.74) is 3.05. The fourth-order valence-electron chi connectivity index (χ4n) is 2.43. The molecule has 116 valence electrons. The van der Waals surface area contributed by atoms with Gasteiger partial charge in [-0.15, -0.1) is 0 Å². The van der Waals surface area contributed by atoms with Crippen LogP contribution >= 0.6 is 0 Å². The van der Waals surface area contributed by atoms with Crippen LogP contribution in [0.25, 0.3) is 23.3 Å². The molecule has 0 aliphatic carbocycles. The van der Waals surface area contributed by atoms with Crippen LogP contribution in [-0.2, 0) is 11.2 Å². The number of carbonyl (C=O) groups is 1. The molecule has 0 saturated carbocycles. The lowest BCUT2D eigenvalue weighted by atomic mass is 10.1. The Kier molecular flexibility index (Phi) is 4.06. The lowest BCUT2D eigenvalue weighted by molar-refractivity contribution is -0.116. The minimum absolute atomic E-state index is 0.0524. The van der Waals surface area contributed by atoms with Crippen LogP contribution in [0.3, 0.4) is 0 Å². The molecule has 0 saturated heterocycles. The van der Waals surface area contributed by atoms with Crippen LogP contribution in [0.2, 0.25) is 0 Å². The number of rotatable bonds is 4. The lowest BCUT2D eigenvalue weighted by Crippen LogP contribution is -1.99. The maximum absolute atomic E-state index is 14.4. The number of hydrogen-bond donors (Lipinski definition) is 0. The molecule has 1 heterocycles. The third kappa shape index (κ3) is 3.21. The smallest absolute Gasteiger partial charge is 0.220 e. The van der Waals surface area contributed by atoms with Crippen molar-refractivity contribution in [3.8, 4) is 0 Å². The van der Waals surface area contributed by atoms with Crippen LogP contribution in [0.15, 0.2) is 40.8 Å². The summed E-state index contributed by atoms with van der Waals surface area (Å²) in [4.78, 5) is 15.4. The van der Waals surface area contributed by atoms with Crippen molar-refractivity contribution in [1.82, 2.24) is 4.98 Å². The Hall–Kier alpha value is -2.75. The molecule has 2 aromatic carbocycles. The zero-order valence-corrected chi connectivity index (χ0v) is 13.0. The third-order valence-corrected chi connectivity index (χ3v) is 3.63. The molecule has 0 atom stereocenters. The predicted octanol–water partition coefficient (Wildman–Crippen LogP) is 4.58. The molecule has 0 aliphatic rings. The minimum Gasteiger partial charge on any atom is -0.434 e. The molecule has 3 aromatic rings. The van der Waals surface area contributed by atoms with Gasteiger partial charge in [0.1, 0.15) is 11.3 Å². The van der Waals surface area contributed by atoms with Crippen molar-refractivity contribution >= 4 is 29.0 Å². The van der Waals surface area contributed by atoms with Gasteiger partial charge >= 0.3 is 0 Å². The number of aryl methyl sites for hydroxylation is 1. The molecule has 1 aromatic heterocycles. The summed E-state index contributed by atoms with van der Waals surface area (Å²) < 4.78 is 19.9. The Morgan fingerprint density at radius 2 is 2.00 bits per heavy atom. The van der Waals surface area contributed by atoms with E-state index in [4.69, 9.17) is 4.42 Å². The summed E-state index contributed by atoms with van der Waals surface area (Å²) in [7, 11) is 0. The van der Waals surface area contributed by atoms with Crippen LogP contribution in [0.4, 0.5) is 4.39 Å². The lowest BCUT2D eigenvalue weighted by Gasteiger charge is -1.99. The van der Waals surface area contributed by atoms with Gasteiger partial charge in [0.2, 0.25) is 5.89 Å². The number of ketones is 1. The van der Waals surface area contributed by atoms with Gasteiger partial charge in [0.15, 0.2) is 11.4 Å². The number of hydrogen-bond acceptors (Lipinski definition) is 3. The van der Waals surface area contributed by atoms with Gasteiger partial charge in [-0.3, -0.25) is 4.79 Å². The SMILES string of the molecule is CC(=O)Cc1ccc2nc(/C=C/c3ccccc3C)oc2c1F. The van der Waals surface area contributed by atoms with Gasteiger partial charge in [0.05, 0.1) is 0 Å². The third-order valence-electron chi connectivity index (χ3n) is 3.63. The fourth-order valence-corrected chi connectivity index (χ4v) is 2.43. The van der Waals surface area contributed by atoms with Crippen LogP contribution in [0.5, 0.6) is 0 Å². The minimum atomic E-state index is -0.513. The van der Waals surface area contributed by atoms with E-state index in [1.165, 1.54) is 6.92 Å². The highest BCUT2D eigenvalue weighted by Gasteiger charge is 2.14. The number of oxazole rings is 1. The summed E-state index contributed by atoms with van der Waals surface area (Å²) in [6.45, 7) is 3.44. The summed E-state index contributed by atoms with van der Waals surface area (Å²) in [5.74, 6) is -0.273. The van der Waals surface area contributed by atoms with Gasteiger partial charge in [-0.25, -0.2) is 9.37 Å². The van der Waals surface area contributed by atoms with Crippen LogP contribution in [0.1, 0.15) is 29.5 Å². The standard InChI is InChI=1S/C19H16FNO2/c1-12-5-3-4-6-14(12)8-10-17-21-16-9-7-15(11-13(2)22)18(20)19(16)23-17/h3-10H,11H2,1-2H3/b10-8+. The highest BCUT2D eigenvalue weighted by molar-refractivity contribution is 5.82. The van der Waals surface area contributed by atoms with Crippen LogP contribution in [0, 0.1) is 12.7 Å². The number of carbonyl (C=O) groups excluding carboxylic acids is 1. The number of benzene rings is 2. The van der Waals surface area contributed by atoms with Gasteiger partial charge in [-0.2, -0.15) is 0 Å². The molecular formula is C19H16FNO2. The van der Waals surface area contributed by atoms with Gasteiger partial charge in [-0.05, 0) is 42.7 Å². The number of nitrogens with zero attached hydrogens (tertiary/aromatic N) is 1. The summed E-state index contributed by atoms with van der Waals surface area (Å²) >= 11 is 0. The van der Waals surface area contributed by atoms with Gasteiger partial charge in [0, 0.05) is 12.5 Å². The first kappa shape index (κ1) is 15.2. The maximum Gasteiger partial charge on any atom is 0.220 e. The van der Waals surface area contributed by atoms with Gasteiger partial charge in [0.25, 0.3) is 0 Å². The van der Waals surface area contributed by atoms with Gasteiger partial charge in [-0.1, -0.05) is 30.3 Å². The average Bonchev–Trinajstić information content (AvgIpc) is 2.93. The predicted molar refractivity (Wildman–Crippen MR) is 88.5 cm³/mol. The Bertz CT molecular complexity index is 909.